The van der Waals surface area contributed by atoms with Crippen LogP contribution in [0.2, 0.25) is 0 Å². The Hall–Kier alpha value is -0.830. The Bertz CT molecular complexity index is 118. The average molecular weight is 154 g/mol. The molecule has 0 radical (unpaired) electrons. The van der Waals surface area contributed by atoms with Crippen LogP contribution in [0.4, 0.5) is 0 Å². The fraction of sp³-hybridized carbons (Fsp3) is 0.625. The zero-order chi connectivity index (χ0) is 7.78. The minimum atomic E-state index is 1.25. The van der Waals surface area contributed by atoms with E-state index < -0.39 is 0 Å². The van der Waals surface area contributed by atoms with Crippen LogP contribution < -0.4 is 5.32 Å². The van der Waals surface area contributed by atoms with Gasteiger partial charge in [-0.2, -0.15) is 0 Å². The minimum absolute atomic E-state index is 1.25. The maximum atomic E-state index is 4.33. The Kier molecular flexibility index (Phi) is 4.45. The second-order valence-corrected chi connectivity index (χ2v) is 2.50. The quantitative estimate of drug-likeness (QED) is 0.614. The zero-order valence-corrected chi connectivity index (χ0v) is 6.62. The zero-order valence-electron chi connectivity index (χ0n) is 6.62. The number of aromatic nitrogens is 1. The van der Waals surface area contributed by atoms with E-state index in [-0.39, 0.29) is 0 Å². The van der Waals surface area contributed by atoms with Crippen molar-refractivity contribution in [2.24, 2.45) is 0 Å². The van der Waals surface area contributed by atoms with E-state index in [4.69, 9.17) is 0 Å². The summed E-state index contributed by atoms with van der Waals surface area (Å²) in [5.41, 5.74) is 0. The maximum absolute atomic E-state index is 4.33. The first-order valence-electron chi connectivity index (χ1n) is 4.05. The first kappa shape index (κ1) is 8.27. The summed E-state index contributed by atoms with van der Waals surface area (Å²) in [6, 6.07) is 1.72. The van der Waals surface area contributed by atoms with Crippen molar-refractivity contribution in [1.82, 2.24) is 10.5 Å². The molecule has 1 N–H and O–H groups in total. The van der Waals surface area contributed by atoms with Gasteiger partial charge in [-0.1, -0.05) is 11.6 Å². The number of piperidine rings is 1. The summed E-state index contributed by atoms with van der Waals surface area (Å²) in [6.07, 6.45) is 7.31. The third-order valence-electron chi connectivity index (χ3n) is 1.55. The Morgan fingerprint density at radius 1 is 1.18 bits per heavy atom. The molecule has 1 saturated heterocycles. The van der Waals surface area contributed by atoms with E-state index >= 15 is 0 Å². The largest absolute Gasteiger partial charge is 0.365 e. The molecule has 0 atom stereocenters. The molecule has 1 aromatic heterocycles. The first-order valence-corrected chi connectivity index (χ1v) is 4.05. The van der Waals surface area contributed by atoms with E-state index in [9.17, 15) is 0 Å². The molecule has 0 amide bonds. The molecule has 0 unspecified atom stereocenters. The SMILES string of the molecule is C1CCNCC1.c1cnoc1. The van der Waals surface area contributed by atoms with Crippen LogP contribution in [0.5, 0.6) is 0 Å². The van der Waals surface area contributed by atoms with Crippen LogP contribution >= 0.6 is 0 Å². The fourth-order valence-electron chi connectivity index (χ4n) is 0.977. The van der Waals surface area contributed by atoms with Crippen molar-refractivity contribution in [2.75, 3.05) is 13.1 Å². The van der Waals surface area contributed by atoms with Crippen LogP contribution in [0, 0.1) is 0 Å². The Labute approximate surface area is 66.8 Å². The van der Waals surface area contributed by atoms with Crippen LogP contribution in [0.15, 0.2) is 23.0 Å². The van der Waals surface area contributed by atoms with E-state index in [2.05, 4.69) is 15.0 Å². The number of nitrogens with one attached hydrogen (secondary N) is 1. The van der Waals surface area contributed by atoms with E-state index in [1.54, 1.807) is 12.3 Å². The lowest BCUT2D eigenvalue weighted by Gasteiger charge is -2.08. The maximum Gasteiger partial charge on any atom is 0.123 e. The smallest absolute Gasteiger partial charge is 0.123 e. The normalized spacial score (nSPS) is 16.7. The van der Waals surface area contributed by atoms with Crippen LogP contribution in [-0.4, -0.2) is 18.2 Å². The van der Waals surface area contributed by atoms with Crippen molar-refractivity contribution in [3.8, 4) is 0 Å². The monoisotopic (exact) mass is 154 g/mol. The summed E-state index contributed by atoms with van der Waals surface area (Å²) >= 11 is 0. The molecule has 3 heteroatoms. The molecular formula is C8H14N2O. The molecular weight excluding hydrogens is 140 g/mol. The van der Waals surface area contributed by atoms with Gasteiger partial charge in [-0.05, 0) is 32.0 Å². The highest BCUT2D eigenvalue weighted by atomic mass is 16.5. The second kappa shape index (κ2) is 5.92. The molecule has 1 aliphatic rings. The fourth-order valence-corrected chi connectivity index (χ4v) is 0.977. The molecule has 2 rings (SSSR count). The Balaban J connectivity index is 0.000000112. The van der Waals surface area contributed by atoms with Crippen molar-refractivity contribution in [3.63, 3.8) is 0 Å². The molecule has 0 aliphatic carbocycles. The first-order chi connectivity index (χ1) is 5.50. The molecule has 0 saturated carbocycles. The van der Waals surface area contributed by atoms with Crippen molar-refractivity contribution < 1.29 is 4.52 Å². The predicted molar refractivity (Wildman–Crippen MR) is 43.2 cm³/mol. The van der Waals surface area contributed by atoms with Gasteiger partial charge >= 0.3 is 0 Å². The second-order valence-electron chi connectivity index (χ2n) is 2.50. The highest BCUT2D eigenvalue weighted by molar-refractivity contribution is 4.67. The van der Waals surface area contributed by atoms with Crippen LogP contribution in [-0.2, 0) is 0 Å². The molecule has 1 aromatic rings. The summed E-state index contributed by atoms with van der Waals surface area (Å²) in [6.45, 7) is 2.50. The van der Waals surface area contributed by atoms with Gasteiger partial charge in [0.2, 0.25) is 0 Å². The molecule has 3 nitrogen and oxygen atoms in total. The number of rotatable bonds is 0. The van der Waals surface area contributed by atoms with Gasteiger partial charge in [0.15, 0.2) is 0 Å². The summed E-state index contributed by atoms with van der Waals surface area (Å²) in [5, 5.41) is 6.63. The van der Waals surface area contributed by atoms with Crippen molar-refractivity contribution >= 4 is 0 Å². The molecule has 1 fully saturated rings. The molecule has 0 aromatic carbocycles. The minimum Gasteiger partial charge on any atom is -0.365 e. The molecule has 0 bridgehead atoms. The summed E-state index contributed by atoms with van der Waals surface area (Å²) < 4.78 is 4.33. The third-order valence-corrected chi connectivity index (χ3v) is 1.55. The Morgan fingerprint density at radius 2 is 2.00 bits per heavy atom. The Morgan fingerprint density at radius 3 is 2.18 bits per heavy atom. The van der Waals surface area contributed by atoms with Crippen molar-refractivity contribution in [3.05, 3.63) is 18.5 Å². The van der Waals surface area contributed by atoms with E-state index in [0.717, 1.165) is 0 Å². The predicted octanol–water partition coefficient (Wildman–Crippen LogP) is 1.43. The van der Waals surface area contributed by atoms with Crippen molar-refractivity contribution in [1.29, 1.82) is 0 Å². The van der Waals surface area contributed by atoms with Crippen LogP contribution in [0.1, 0.15) is 19.3 Å². The average Bonchev–Trinajstić information content (AvgIpc) is 2.64. The summed E-state index contributed by atoms with van der Waals surface area (Å²) in [5.74, 6) is 0. The van der Waals surface area contributed by atoms with E-state index in [0.29, 0.717) is 0 Å². The number of hydrogen-bond acceptors (Lipinski definition) is 3. The highest BCUT2D eigenvalue weighted by Gasteiger charge is 1.93. The van der Waals surface area contributed by atoms with Gasteiger partial charge in [-0.3, -0.25) is 0 Å². The summed E-state index contributed by atoms with van der Waals surface area (Å²) in [4.78, 5) is 0. The van der Waals surface area contributed by atoms with Gasteiger partial charge in [-0.25, -0.2) is 0 Å². The third kappa shape index (κ3) is 4.56. The van der Waals surface area contributed by atoms with Gasteiger partial charge < -0.3 is 9.84 Å². The number of nitrogens with zero attached hydrogens (tertiary/aromatic N) is 1. The van der Waals surface area contributed by atoms with E-state index in [1.807, 2.05) is 0 Å². The van der Waals surface area contributed by atoms with Gasteiger partial charge in [0, 0.05) is 0 Å². The molecule has 0 spiro atoms. The molecule has 2 heterocycles. The van der Waals surface area contributed by atoms with Gasteiger partial charge in [-0.15, -0.1) is 0 Å². The molecule has 1 aliphatic heterocycles. The van der Waals surface area contributed by atoms with Gasteiger partial charge in [0.1, 0.15) is 6.26 Å². The van der Waals surface area contributed by atoms with Crippen LogP contribution in [0.25, 0.3) is 0 Å². The standard InChI is InChI=1S/C5H11N.C3H3NO/c1-2-4-6-5-3-1;1-2-4-5-3-1/h6H,1-5H2;1-3H. The van der Waals surface area contributed by atoms with E-state index in [1.165, 1.54) is 38.6 Å². The lowest BCUT2D eigenvalue weighted by atomic mass is 10.2. The van der Waals surface area contributed by atoms with Gasteiger partial charge in [0.25, 0.3) is 0 Å². The van der Waals surface area contributed by atoms with Crippen molar-refractivity contribution in [2.45, 2.75) is 19.3 Å². The molecule has 62 valence electrons. The lowest BCUT2D eigenvalue weighted by Crippen LogP contribution is -2.21. The van der Waals surface area contributed by atoms with Gasteiger partial charge in [0.05, 0.1) is 6.20 Å². The highest BCUT2D eigenvalue weighted by Crippen LogP contribution is 1.96. The number of hydrogen-bond donors (Lipinski definition) is 1. The summed E-state index contributed by atoms with van der Waals surface area (Å²) in [7, 11) is 0. The molecule has 11 heavy (non-hydrogen) atoms. The lowest BCUT2D eigenvalue weighted by molar-refractivity contribution is 0.420. The topological polar surface area (TPSA) is 38.1 Å². The van der Waals surface area contributed by atoms with Crippen LogP contribution in [0.3, 0.4) is 0 Å².